The van der Waals surface area contributed by atoms with Gasteiger partial charge >= 0.3 is 0 Å². The van der Waals surface area contributed by atoms with Gasteiger partial charge in [-0.1, -0.05) is 13.8 Å². The molecule has 1 fully saturated rings. The van der Waals surface area contributed by atoms with E-state index in [0.29, 0.717) is 12.0 Å². The van der Waals surface area contributed by atoms with Gasteiger partial charge in [0.2, 0.25) is 0 Å². The van der Waals surface area contributed by atoms with Gasteiger partial charge in [-0.2, -0.15) is 0 Å². The third kappa shape index (κ3) is 5.67. The van der Waals surface area contributed by atoms with Crippen molar-refractivity contribution in [3.8, 4) is 0 Å². The van der Waals surface area contributed by atoms with Crippen molar-refractivity contribution in [2.45, 2.75) is 39.2 Å². The minimum absolute atomic E-state index is 0.190. The van der Waals surface area contributed by atoms with Crippen LogP contribution in [0, 0.1) is 11.3 Å². The molecule has 0 amide bonds. The molecule has 0 aromatic carbocycles. The van der Waals surface area contributed by atoms with Crippen LogP contribution >= 0.6 is 0 Å². The number of sulfone groups is 1. The number of aliphatic hydroxyl groups excluding tert-OH is 1. The summed E-state index contributed by atoms with van der Waals surface area (Å²) in [6.07, 6.45) is 3.96. The molecule has 0 bridgehead atoms. The minimum atomic E-state index is -2.90. The molecule has 0 aliphatic heterocycles. The molecular formula is C13H27NO3S. The van der Waals surface area contributed by atoms with Crippen LogP contribution in [0.5, 0.6) is 0 Å². The summed E-state index contributed by atoms with van der Waals surface area (Å²) in [5.41, 5.74) is 0.293. The Hall–Kier alpha value is -0.130. The molecule has 4 nitrogen and oxygen atoms in total. The fourth-order valence-electron chi connectivity index (χ4n) is 2.72. The van der Waals surface area contributed by atoms with Crippen LogP contribution in [0.4, 0.5) is 0 Å². The standard InChI is InChI=1S/C13H27NO3S/c1-13(2)6-5-12(15)11(9-13)10-14(3)7-8-18(4,16)17/h11-12,15H,5-10H2,1-4H3. The molecule has 0 heterocycles. The largest absolute Gasteiger partial charge is 0.393 e. The summed E-state index contributed by atoms with van der Waals surface area (Å²) in [7, 11) is -0.970. The summed E-state index contributed by atoms with van der Waals surface area (Å²) in [6.45, 7) is 5.80. The number of hydrogen-bond donors (Lipinski definition) is 1. The van der Waals surface area contributed by atoms with Crippen LogP contribution < -0.4 is 0 Å². The van der Waals surface area contributed by atoms with Gasteiger partial charge in [0.1, 0.15) is 9.84 Å². The maximum Gasteiger partial charge on any atom is 0.148 e. The Morgan fingerprint density at radius 3 is 2.56 bits per heavy atom. The second kappa shape index (κ2) is 5.88. The molecule has 1 saturated carbocycles. The van der Waals surface area contributed by atoms with Crippen LogP contribution in [0.2, 0.25) is 0 Å². The highest BCUT2D eigenvalue weighted by molar-refractivity contribution is 7.90. The smallest absolute Gasteiger partial charge is 0.148 e. The Kier molecular flexibility index (Phi) is 5.21. The normalized spacial score (nSPS) is 28.6. The lowest BCUT2D eigenvalue weighted by molar-refractivity contribution is 0.00841. The average Bonchev–Trinajstić information content (AvgIpc) is 2.19. The number of rotatable bonds is 5. The van der Waals surface area contributed by atoms with Gasteiger partial charge in [0.05, 0.1) is 11.9 Å². The van der Waals surface area contributed by atoms with Gasteiger partial charge in [-0.05, 0) is 37.6 Å². The summed E-state index contributed by atoms with van der Waals surface area (Å²) < 4.78 is 22.2. The van der Waals surface area contributed by atoms with Crippen molar-refractivity contribution in [3.05, 3.63) is 0 Å². The summed E-state index contributed by atoms with van der Waals surface area (Å²) in [5.74, 6) is 0.453. The van der Waals surface area contributed by atoms with Gasteiger partial charge in [-0.3, -0.25) is 0 Å². The second-order valence-electron chi connectivity index (χ2n) is 6.63. The summed E-state index contributed by atoms with van der Waals surface area (Å²) in [5, 5.41) is 10.0. The molecule has 1 N–H and O–H groups in total. The van der Waals surface area contributed by atoms with E-state index in [1.54, 1.807) is 0 Å². The zero-order chi connectivity index (χ0) is 14.0. The van der Waals surface area contributed by atoms with E-state index in [-0.39, 0.29) is 17.8 Å². The molecule has 18 heavy (non-hydrogen) atoms. The van der Waals surface area contributed by atoms with Gasteiger partial charge in [-0.25, -0.2) is 8.42 Å². The van der Waals surface area contributed by atoms with E-state index in [4.69, 9.17) is 0 Å². The first-order chi connectivity index (χ1) is 8.09. The first-order valence-electron chi connectivity index (χ1n) is 6.63. The maximum atomic E-state index is 11.1. The Balaban J connectivity index is 2.45. The molecule has 108 valence electrons. The van der Waals surface area contributed by atoms with Crippen molar-refractivity contribution >= 4 is 9.84 Å². The lowest BCUT2D eigenvalue weighted by Crippen LogP contribution is -2.41. The maximum absolute atomic E-state index is 11.1. The second-order valence-corrected chi connectivity index (χ2v) is 8.89. The highest BCUT2D eigenvalue weighted by Crippen LogP contribution is 2.38. The van der Waals surface area contributed by atoms with E-state index < -0.39 is 9.84 Å². The Labute approximate surface area is 111 Å². The van der Waals surface area contributed by atoms with Crippen molar-refractivity contribution in [3.63, 3.8) is 0 Å². The van der Waals surface area contributed by atoms with Crippen LogP contribution in [0.15, 0.2) is 0 Å². The van der Waals surface area contributed by atoms with Crippen molar-refractivity contribution in [1.82, 2.24) is 4.90 Å². The molecule has 2 unspecified atom stereocenters. The Morgan fingerprint density at radius 2 is 2.00 bits per heavy atom. The zero-order valence-electron chi connectivity index (χ0n) is 12.0. The van der Waals surface area contributed by atoms with Gasteiger partial charge in [0, 0.05) is 19.3 Å². The third-order valence-corrected chi connectivity index (χ3v) is 4.79. The van der Waals surface area contributed by atoms with Crippen LogP contribution in [-0.2, 0) is 9.84 Å². The molecule has 0 aromatic heterocycles. The Bertz CT molecular complexity index is 364. The molecule has 0 spiro atoms. The first-order valence-corrected chi connectivity index (χ1v) is 8.69. The number of nitrogens with zero attached hydrogens (tertiary/aromatic N) is 1. The zero-order valence-corrected chi connectivity index (χ0v) is 12.8. The highest BCUT2D eigenvalue weighted by atomic mass is 32.2. The van der Waals surface area contributed by atoms with Crippen molar-refractivity contribution < 1.29 is 13.5 Å². The minimum Gasteiger partial charge on any atom is -0.393 e. The van der Waals surface area contributed by atoms with Gasteiger partial charge in [0.25, 0.3) is 0 Å². The monoisotopic (exact) mass is 277 g/mol. The molecule has 0 saturated heterocycles. The SMILES string of the molecule is CN(CCS(C)(=O)=O)CC1CC(C)(C)CCC1O. The lowest BCUT2D eigenvalue weighted by atomic mass is 9.71. The van der Waals surface area contributed by atoms with Crippen molar-refractivity contribution in [2.24, 2.45) is 11.3 Å². The molecule has 1 aliphatic carbocycles. The topological polar surface area (TPSA) is 57.6 Å². The predicted octanol–water partition coefficient (Wildman–Crippen LogP) is 1.15. The number of hydrogen-bond acceptors (Lipinski definition) is 4. The molecule has 2 atom stereocenters. The van der Waals surface area contributed by atoms with Gasteiger partial charge < -0.3 is 10.0 Å². The molecule has 0 aromatic rings. The highest BCUT2D eigenvalue weighted by Gasteiger charge is 2.34. The van der Waals surface area contributed by atoms with E-state index in [1.807, 2.05) is 11.9 Å². The average molecular weight is 277 g/mol. The molecule has 0 radical (unpaired) electrons. The molecule has 1 rings (SSSR count). The van der Waals surface area contributed by atoms with Crippen molar-refractivity contribution in [2.75, 3.05) is 32.1 Å². The molecular weight excluding hydrogens is 250 g/mol. The summed E-state index contributed by atoms with van der Waals surface area (Å²) in [4.78, 5) is 2.02. The van der Waals surface area contributed by atoms with Gasteiger partial charge in [-0.15, -0.1) is 0 Å². The summed E-state index contributed by atoms with van der Waals surface area (Å²) >= 11 is 0. The van der Waals surface area contributed by atoms with Gasteiger partial charge in [0.15, 0.2) is 0 Å². The van der Waals surface area contributed by atoms with E-state index >= 15 is 0 Å². The lowest BCUT2D eigenvalue weighted by Gasteiger charge is -2.40. The first kappa shape index (κ1) is 15.9. The molecule has 1 aliphatic rings. The van der Waals surface area contributed by atoms with Crippen molar-refractivity contribution in [1.29, 1.82) is 0 Å². The fraction of sp³-hybridized carbons (Fsp3) is 1.00. The predicted molar refractivity (Wildman–Crippen MR) is 74.3 cm³/mol. The van der Waals surface area contributed by atoms with E-state index in [1.165, 1.54) is 6.26 Å². The Morgan fingerprint density at radius 1 is 1.39 bits per heavy atom. The molecule has 5 heteroatoms. The summed E-state index contributed by atoms with van der Waals surface area (Å²) in [6, 6.07) is 0. The van der Waals surface area contributed by atoms with E-state index in [9.17, 15) is 13.5 Å². The van der Waals surface area contributed by atoms with Crippen LogP contribution in [0.25, 0.3) is 0 Å². The third-order valence-electron chi connectivity index (χ3n) is 3.87. The van der Waals surface area contributed by atoms with Crippen LogP contribution in [0.3, 0.4) is 0 Å². The van der Waals surface area contributed by atoms with E-state index in [2.05, 4.69) is 13.8 Å². The van der Waals surface area contributed by atoms with Crippen LogP contribution in [0.1, 0.15) is 33.1 Å². The fourth-order valence-corrected chi connectivity index (χ4v) is 3.37. The van der Waals surface area contributed by atoms with Crippen LogP contribution in [-0.4, -0.2) is 56.7 Å². The number of aliphatic hydroxyl groups is 1. The van der Waals surface area contributed by atoms with E-state index in [0.717, 1.165) is 25.8 Å². The quantitative estimate of drug-likeness (QED) is 0.819.